The lowest BCUT2D eigenvalue weighted by atomic mass is 10.0. The Morgan fingerprint density at radius 3 is 2.87 bits per heavy atom. The molecule has 1 aromatic heterocycles. The fourth-order valence-corrected chi connectivity index (χ4v) is 3.61. The second-order valence-corrected chi connectivity index (χ2v) is 7.34. The number of aromatic nitrogens is 1. The van der Waals surface area contributed by atoms with Crippen LogP contribution in [-0.4, -0.2) is 18.1 Å². The van der Waals surface area contributed by atoms with Crippen molar-refractivity contribution in [2.75, 3.05) is 13.2 Å². The summed E-state index contributed by atoms with van der Waals surface area (Å²) in [7, 11) is 0. The van der Waals surface area contributed by atoms with Crippen LogP contribution in [0.25, 0.3) is 10.9 Å². The van der Waals surface area contributed by atoms with Crippen LogP contribution >= 0.6 is 0 Å². The maximum absolute atomic E-state index is 5.68. The van der Waals surface area contributed by atoms with E-state index in [1.165, 1.54) is 29.3 Å². The first-order valence-corrected chi connectivity index (χ1v) is 10.7. The fourth-order valence-electron chi connectivity index (χ4n) is 3.61. The summed E-state index contributed by atoms with van der Waals surface area (Å²) in [6.07, 6.45) is 8.31. The summed E-state index contributed by atoms with van der Waals surface area (Å²) in [6.45, 7) is 3.49. The van der Waals surface area contributed by atoms with E-state index < -0.39 is 0 Å². The van der Waals surface area contributed by atoms with E-state index in [9.17, 15) is 0 Å². The Balaban J connectivity index is 0.000000184. The average molecular weight is 406 g/mol. The highest BCUT2D eigenvalue weighted by molar-refractivity contribution is 5.82. The van der Waals surface area contributed by atoms with Crippen LogP contribution in [0.4, 0.5) is 0 Å². The number of aromatic amines is 1. The van der Waals surface area contributed by atoms with Gasteiger partial charge in [-0.1, -0.05) is 43.4 Å². The van der Waals surface area contributed by atoms with Crippen LogP contribution in [-0.2, 0) is 12.8 Å². The van der Waals surface area contributed by atoms with Gasteiger partial charge in [0.2, 0.25) is 0 Å². The van der Waals surface area contributed by atoms with Crippen LogP contribution in [0.5, 0.6) is 11.5 Å². The molecule has 30 heavy (non-hydrogen) atoms. The minimum atomic E-state index is 0.562. The number of para-hydroxylation sites is 1. The molecule has 0 spiro atoms. The zero-order valence-electron chi connectivity index (χ0n) is 17.7. The number of hydrogen-bond acceptors (Lipinski definition) is 4. The molecule has 4 rings (SSSR count). The number of fused-ring (bicyclic) bond motifs is 2. The Hall–Kier alpha value is -2.94. The van der Waals surface area contributed by atoms with Gasteiger partial charge >= 0.3 is 0 Å². The van der Waals surface area contributed by atoms with Gasteiger partial charge in [0.25, 0.3) is 0 Å². The molecule has 5 nitrogen and oxygen atoms in total. The molecule has 0 radical (unpaired) electrons. The Bertz CT molecular complexity index is 1010. The van der Waals surface area contributed by atoms with Crippen molar-refractivity contribution in [3.63, 3.8) is 0 Å². The van der Waals surface area contributed by atoms with Crippen molar-refractivity contribution in [3.8, 4) is 23.3 Å². The van der Waals surface area contributed by atoms with Crippen LogP contribution in [0.2, 0.25) is 0 Å². The van der Waals surface area contributed by atoms with E-state index in [-0.39, 0.29) is 0 Å². The van der Waals surface area contributed by atoms with Crippen LogP contribution in [0, 0.1) is 11.8 Å². The highest BCUT2D eigenvalue weighted by Gasteiger charge is 2.15. The number of ether oxygens (including phenoxy) is 1. The van der Waals surface area contributed by atoms with Gasteiger partial charge in [0, 0.05) is 41.7 Å². The highest BCUT2D eigenvalue weighted by Crippen LogP contribution is 2.35. The number of aryl methyl sites for hydroxylation is 2. The van der Waals surface area contributed by atoms with Crippen molar-refractivity contribution in [1.82, 2.24) is 4.98 Å². The summed E-state index contributed by atoms with van der Waals surface area (Å²) in [6, 6.07) is 12.3. The standard InChI is InChI=1S/C14H18N2O2.C11H13N/c15-7-3-1-5-11-9-12-6-2-4-8-17-14(12)13(10-11)18-16;1-2-5-9-8-12-11-7-4-3-6-10(9)11/h9-10H,2-4,6-8,15-16H2;3-4,6-8,12H,2,5H2,1H3. The Morgan fingerprint density at radius 2 is 2.07 bits per heavy atom. The third kappa shape index (κ3) is 5.56. The molecule has 5 heteroatoms. The molecule has 1 aliphatic rings. The molecule has 2 heterocycles. The molecular weight excluding hydrogens is 374 g/mol. The van der Waals surface area contributed by atoms with E-state index >= 15 is 0 Å². The van der Waals surface area contributed by atoms with Crippen LogP contribution in [0.3, 0.4) is 0 Å². The van der Waals surface area contributed by atoms with E-state index in [0.717, 1.165) is 36.1 Å². The number of benzene rings is 2. The van der Waals surface area contributed by atoms with Crippen molar-refractivity contribution < 1.29 is 9.57 Å². The lowest BCUT2D eigenvalue weighted by molar-refractivity contribution is 0.274. The lowest BCUT2D eigenvalue weighted by Gasteiger charge is -2.11. The Morgan fingerprint density at radius 1 is 1.20 bits per heavy atom. The first kappa shape index (κ1) is 21.8. The topological polar surface area (TPSA) is 86.3 Å². The van der Waals surface area contributed by atoms with Gasteiger partial charge in [-0.25, -0.2) is 0 Å². The predicted octanol–water partition coefficient (Wildman–Crippen LogP) is 4.47. The van der Waals surface area contributed by atoms with E-state index in [4.69, 9.17) is 21.2 Å². The largest absolute Gasteiger partial charge is 0.489 e. The van der Waals surface area contributed by atoms with Gasteiger partial charge in [0.05, 0.1) is 6.61 Å². The van der Waals surface area contributed by atoms with Crippen molar-refractivity contribution in [1.29, 1.82) is 0 Å². The highest BCUT2D eigenvalue weighted by atomic mass is 16.6. The zero-order valence-corrected chi connectivity index (χ0v) is 17.7. The second-order valence-electron chi connectivity index (χ2n) is 7.34. The Kier molecular flexibility index (Phi) is 8.20. The molecule has 0 saturated carbocycles. The maximum Gasteiger partial charge on any atom is 0.190 e. The second kappa shape index (κ2) is 11.3. The monoisotopic (exact) mass is 405 g/mol. The number of H-pyrrole nitrogens is 1. The van der Waals surface area contributed by atoms with E-state index in [0.29, 0.717) is 25.3 Å². The number of hydrogen-bond donors (Lipinski definition) is 3. The third-order valence-electron chi connectivity index (χ3n) is 5.04. The number of nitrogens with two attached hydrogens (primary N) is 2. The van der Waals surface area contributed by atoms with Crippen molar-refractivity contribution >= 4 is 10.9 Å². The van der Waals surface area contributed by atoms with Gasteiger partial charge in [-0.15, -0.1) is 0 Å². The molecule has 0 saturated heterocycles. The molecule has 0 unspecified atom stereocenters. The first-order chi connectivity index (χ1) is 14.8. The summed E-state index contributed by atoms with van der Waals surface area (Å²) >= 11 is 0. The SMILES string of the molecule is CCCc1c[nH]c2ccccc12.NCCC#Cc1cc2c(c(ON)c1)OCCCC2. The molecule has 0 amide bonds. The molecular formula is C25H31N3O2. The van der Waals surface area contributed by atoms with E-state index in [2.05, 4.69) is 54.2 Å². The van der Waals surface area contributed by atoms with Crippen molar-refractivity contribution in [2.45, 2.75) is 45.4 Å². The summed E-state index contributed by atoms with van der Waals surface area (Å²) in [5.41, 5.74) is 10.1. The van der Waals surface area contributed by atoms with Crippen LogP contribution in [0.15, 0.2) is 42.6 Å². The summed E-state index contributed by atoms with van der Waals surface area (Å²) in [5.74, 6) is 12.7. The summed E-state index contributed by atoms with van der Waals surface area (Å²) < 4.78 is 5.68. The Labute approximate surface area is 178 Å². The molecule has 0 atom stereocenters. The number of nitrogens with one attached hydrogen (secondary N) is 1. The molecule has 2 aromatic carbocycles. The minimum Gasteiger partial charge on any atom is -0.489 e. The molecule has 3 aromatic rings. The predicted molar refractivity (Wildman–Crippen MR) is 123 cm³/mol. The molecule has 0 fully saturated rings. The van der Waals surface area contributed by atoms with Crippen molar-refractivity contribution in [2.24, 2.45) is 11.6 Å². The van der Waals surface area contributed by atoms with Crippen LogP contribution in [0.1, 0.15) is 49.3 Å². The zero-order chi connectivity index (χ0) is 21.2. The molecule has 0 aliphatic carbocycles. The molecule has 1 aliphatic heterocycles. The van der Waals surface area contributed by atoms with Gasteiger partial charge < -0.3 is 20.3 Å². The number of rotatable bonds is 4. The smallest absolute Gasteiger partial charge is 0.190 e. The van der Waals surface area contributed by atoms with E-state index in [1.54, 1.807) is 0 Å². The van der Waals surface area contributed by atoms with Gasteiger partial charge in [0.1, 0.15) is 0 Å². The van der Waals surface area contributed by atoms with Crippen molar-refractivity contribution in [3.05, 3.63) is 59.3 Å². The molecule has 5 N–H and O–H groups in total. The van der Waals surface area contributed by atoms with Gasteiger partial charge in [-0.05, 0) is 48.9 Å². The first-order valence-electron chi connectivity index (χ1n) is 10.7. The quantitative estimate of drug-likeness (QED) is 0.441. The molecule has 0 bridgehead atoms. The van der Waals surface area contributed by atoms with Gasteiger partial charge in [-0.3, -0.25) is 0 Å². The molecule has 158 valence electrons. The van der Waals surface area contributed by atoms with Gasteiger partial charge in [0.15, 0.2) is 11.5 Å². The maximum atomic E-state index is 5.68. The normalized spacial score (nSPS) is 12.5. The van der Waals surface area contributed by atoms with E-state index in [1.807, 2.05) is 12.1 Å². The summed E-state index contributed by atoms with van der Waals surface area (Å²) in [5, 5.41) is 1.37. The van der Waals surface area contributed by atoms with Crippen LogP contribution < -0.4 is 21.2 Å². The minimum absolute atomic E-state index is 0.562. The third-order valence-corrected chi connectivity index (χ3v) is 5.04. The van der Waals surface area contributed by atoms with Gasteiger partial charge in [-0.2, -0.15) is 5.90 Å². The summed E-state index contributed by atoms with van der Waals surface area (Å²) in [4.78, 5) is 8.17. The average Bonchev–Trinajstić information content (AvgIpc) is 3.02. The lowest BCUT2D eigenvalue weighted by Crippen LogP contribution is -2.06. The fraction of sp³-hybridized carbons (Fsp3) is 0.360.